The van der Waals surface area contributed by atoms with Crippen LogP contribution in [0.5, 0.6) is 0 Å². The normalized spacial score (nSPS) is 27.8. The average Bonchev–Trinajstić information content (AvgIpc) is 2.43. The Hall–Kier alpha value is -0.950. The Morgan fingerprint density at radius 3 is 2.48 bits per heavy atom. The van der Waals surface area contributed by atoms with Crippen LogP contribution in [0.2, 0.25) is 0 Å². The van der Waals surface area contributed by atoms with E-state index in [1.165, 1.54) is 0 Å². The van der Waals surface area contributed by atoms with Crippen molar-refractivity contribution >= 4 is 23.8 Å². The van der Waals surface area contributed by atoms with E-state index in [-0.39, 0.29) is 18.7 Å². The molecule has 2 rings (SSSR count). The number of urea groups is 1. The predicted octanol–water partition coefficient (Wildman–Crippen LogP) is 1.55. The van der Waals surface area contributed by atoms with Crippen molar-refractivity contribution in [1.29, 1.82) is 0 Å². The molecule has 2 fully saturated rings. The first-order valence-electron chi connectivity index (χ1n) is 7.36. The smallest absolute Gasteiger partial charge is 0.329 e. The fourth-order valence-electron chi connectivity index (χ4n) is 2.94. The van der Waals surface area contributed by atoms with Crippen molar-refractivity contribution in [2.45, 2.75) is 49.5 Å². The number of hydrogen-bond acceptors (Lipinski definition) is 4. The molecule has 2 aliphatic rings. The number of thioether (sulfide) groups is 1. The molecule has 0 aromatic heterocycles. The van der Waals surface area contributed by atoms with Crippen LogP contribution in [-0.4, -0.2) is 64.9 Å². The number of carbonyl (C=O) groups is 2. The molecule has 1 aliphatic carbocycles. The summed E-state index contributed by atoms with van der Waals surface area (Å²) in [5, 5.41) is 12.4. The fraction of sp³-hybridized carbons (Fsp3) is 0.857. The topological polar surface area (TPSA) is 78.9 Å². The lowest BCUT2D eigenvalue weighted by Gasteiger charge is -2.47. The number of carboxylic acids is 1. The van der Waals surface area contributed by atoms with Crippen molar-refractivity contribution in [3.05, 3.63) is 0 Å². The van der Waals surface area contributed by atoms with Crippen LogP contribution in [0.3, 0.4) is 0 Å². The third-order valence-corrected chi connectivity index (χ3v) is 5.36. The van der Waals surface area contributed by atoms with Gasteiger partial charge in [0, 0.05) is 11.3 Å². The van der Waals surface area contributed by atoms with E-state index in [9.17, 15) is 9.59 Å². The maximum atomic E-state index is 12.1. The first kappa shape index (κ1) is 16.4. The summed E-state index contributed by atoms with van der Waals surface area (Å²) in [7, 11) is 0. The van der Waals surface area contributed by atoms with Crippen molar-refractivity contribution in [3.8, 4) is 0 Å². The first-order valence-corrected chi connectivity index (χ1v) is 8.64. The molecule has 1 aliphatic heterocycles. The number of aliphatic carboxylic acids is 1. The highest BCUT2D eigenvalue weighted by atomic mass is 32.2. The lowest BCUT2D eigenvalue weighted by atomic mass is 9.94. The van der Waals surface area contributed by atoms with Crippen molar-refractivity contribution in [3.63, 3.8) is 0 Å². The molecule has 0 radical (unpaired) electrons. The zero-order valence-corrected chi connectivity index (χ0v) is 13.4. The number of carbonyl (C=O) groups excluding carboxylic acids is 1. The van der Waals surface area contributed by atoms with E-state index in [2.05, 4.69) is 11.6 Å². The number of nitrogens with zero attached hydrogens (tertiary/aromatic N) is 1. The van der Waals surface area contributed by atoms with E-state index in [0.29, 0.717) is 13.1 Å². The third-order valence-electron chi connectivity index (χ3n) is 4.22. The Balaban J connectivity index is 1.68. The van der Waals surface area contributed by atoms with Gasteiger partial charge in [0.2, 0.25) is 0 Å². The summed E-state index contributed by atoms with van der Waals surface area (Å²) in [6, 6.07) is 0.215. The van der Waals surface area contributed by atoms with Crippen LogP contribution in [-0.2, 0) is 9.53 Å². The monoisotopic (exact) mass is 316 g/mol. The van der Waals surface area contributed by atoms with Crippen molar-refractivity contribution in [2.24, 2.45) is 0 Å². The average molecular weight is 316 g/mol. The highest BCUT2D eigenvalue weighted by Crippen LogP contribution is 2.28. The van der Waals surface area contributed by atoms with Gasteiger partial charge in [-0.3, -0.25) is 0 Å². The summed E-state index contributed by atoms with van der Waals surface area (Å²) in [4.78, 5) is 24.3. The summed E-state index contributed by atoms with van der Waals surface area (Å²) in [6.07, 6.45) is 6.54. The molecule has 0 spiro atoms. The fourth-order valence-corrected chi connectivity index (χ4v) is 3.68. The zero-order chi connectivity index (χ0) is 15.5. The molecule has 7 heteroatoms. The van der Waals surface area contributed by atoms with Gasteiger partial charge in [0.25, 0.3) is 0 Å². The number of likely N-dealkylation sites (tertiary alicyclic amines) is 1. The molecule has 0 bridgehead atoms. The Morgan fingerprint density at radius 2 is 1.95 bits per heavy atom. The van der Waals surface area contributed by atoms with Crippen LogP contribution in [0.15, 0.2) is 0 Å². The number of hydrogen-bond donors (Lipinski definition) is 2. The van der Waals surface area contributed by atoms with Crippen LogP contribution in [0.25, 0.3) is 0 Å². The minimum absolute atomic E-state index is 0.0565. The molecule has 6 nitrogen and oxygen atoms in total. The maximum absolute atomic E-state index is 12.1. The van der Waals surface area contributed by atoms with Crippen molar-refractivity contribution < 1.29 is 19.4 Å². The number of amides is 2. The lowest BCUT2D eigenvalue weighted by Crippen LogP contribution is -2.66. The Bertz CT molecular complexity index is 390. The molecule has 120 valence electrons. The Labute approximate surface area is 129 Å². The Morgan fingerprint density at radius 1 is 1.33 bits per heavy atom. The molecular weight excluding hydrogens is 292 g/mol. The highest BCUT2D eigenvalue weighted by molar-refractivity contribution is 7.99. The predicted molar refractivity (Wildman–Crippen MR) is 81.7 cm³/mol. The van der Waals surface area contributed by atoms with Crippen LogP contribution < -0.4 is 5.32 Å². The van der Waals surface area contributed by atoms with Crippen LogP contribution >= 0.6 is 11.8 Å². The maximum Gasteiger partial charge on any atom is 0.329 e. The van der Waals surface area contributed by atoms with Gasteiger partial charge in [-0.15, -0.1) is 0 Å². The molecule has 0 atom stereocenters. The zero-order valence-electron chi connectivity index (χ0n) is 12.6. The molecule has 1 heterocycles. The first-order chi connectivity index (χ1) is 9.92. The summed E-state index contributed by atoms with van der Waals surface area (Å²) < 4.78 is 5.30. The second-order valence-electron chi connectivity index (χ2n) is 6.15. The van der Waals surface area contributed by atoms with E-state index in [1.54, 1.807) is 4.90 Å². The molecule has 21 heavy (non-hydrogen) atoms. The van der Waals surface area contributed by atoms with Crippen LogP contribution in [0.1, 0.15) is 32.6 Å². The van der Waals surface area contributed by atoms with E-state index >= 15 is 0 Å². The summed E-state index contributed by atoms with van der Waals surface area (Å²) in [5.41, 5.74) is -0.522. The standard InChI is InChI=1S/C14H24N2O4S/c1-14(20-7-12(17)18)8-16(9-14)13(19)15-10-3-5-11(21-2)6-4-10/h10-11H,3-9H2,1-2H3,(H,15,19)(H,17,18). The summed E-state index contributed by atoms with van der Waals surface area (Å²) in [5.74, 6) is -0.982. The van der Waals surface area contributed by atoms with E-state index < -0.39 is 11.6 Å². The molecule has 2 N–H and O–H groups in total. The Kier molecular flexibility index (Phi) is 5.37. The number of nitrogens with one attached hydrogen (secondary N) is 1. The number of ether oxygens (including phenoxy) is 1. The van der Waals surface area contributed by atoms with Gasteiger partial charge in [-0.05, 0) is 38.9 Å². The van der Waals surface area contributed by atoms with Gasteiger partial charge in [0.1, 0.15) is 12.2 Å². The molecular formula is C14H24N2O4S. The molecule has 2 amide bonds. The second-order valence-corrected chi connectivity index (χ2v) is 7.29. The summed E-state index contributed by atoms with van der Waals surface area (Å²) >= 11 is 1.91. The van der Waals surface area contributed by atoms with Crippen LogP contribution in [0, 0.1) is 0 Å². The van der Waals surface area contributed by atoms with Gasteiger partial charge >= 0.3 is 12.0 Å². The van der Waals surface area contributed by atoms with E-state index in [0.717, 1.165) is 30.9 Å². The van der Waals surface area contributed by atoms with E-state index in [4.69, 9.17) is 9.84 Å². The minimum Gasteiger partial charge on any atom is -0.480 e. The number of carboxylic acid groups (broad SMARTS) is 1. The van der Waals surface area contributed by atoms with Gasteiger partial charge < -0.3 is 20.1 Å². The molecule has 0 unspecified atom stereocenters. The third kappa shape index (κ3) is 4.51. The van der Waals surface area contributed by atoms with Gasteiger partial charge in [-0.1, -0.05) is 0 Å². The largest absolute Gasteiger partial charge is 0.480 e. The highest BCUT2D eigenvalue weighted by Gasteiger charge is 2.43. The van der Waals surface area contributed by atoms with Gasteiger partial charge in [-0.2, -0.15) is 11.8 Å². The quantitative estimate of drug-likeness (QED) is 0.804. The van der Waals surface area contributed by atoms with Crippen molar-refractivity contribution in [1.82, 2.24) is 10.2 Å². The lowest BCUT2D eigenvalue weighted by molar-refractivity contribution is -0.159. The SMILES string of the molecule is CSC1CCC(NC(=O)N2CC(C)(OCC(=O)O)C2)CC1. The van der Waals surface area contributed by atoms with Crippen molar-refractivity contribution in [2.75, 3.05) is 26.0 Å². The summed E-state index contributed by atoms with van der Waals surface area (Å²) in [6.45, 7) is 2.42. The minimum atomic E-state index is -0.982. The van der Waals surface area contributed by atoms with Gasteiger partial charge in [-0.25, -0.2) is 9.59 Å². The van der Waals surface area contributed by atoms with E-state index in [1.807, 2.05) is 18.7 Å². The second kappa shape index (κ2) is 6.87. The van der Waals surface area contributed by atoms with Crippen LogP contribution in [0.4, 0.5) is 4.79 Å². The number of rotatable bonds is 5. The molecule has 0 aromatic carbocycles. The van der Waals surface area contributed by atoms with Gasteiger partial charge in [0.05, 0.1) is 13.1 Å². The molecule has 1 saturated heterocycles. The molecule has 0 aromatic rings. The van der Waals surface area contributed by atoms with Gasteiger partial charge in [0.15, 0.2) is 0 Å². The molecule has 1 saturated carbocycles.